The topological polar surface area (TPSA) is 61.2 Å². The normalized spacial score (nSPS) is 16.8. The van der Waals surface area contributed by atoms with Gasteiger partial charge in [0.2, 0.25) is 0 Å². The summed E-state index contributed by atoms with van der Waals surface area (Å²) in [6.45, 7) is 1.92. The van der Waals surface area contributed by atoms with Crippen LogP contribution in [-0.4, -0.2) is 29.3 Å². The molecule has 0 saturated carbocycles. The number of fused-ring (bicyclic) bond motifs is 1. The first kappa shape index (κ1) is 14.3. The summed E-state index contributed by atoms with van der Waals surface area (Å²) >= 11 is 3.10. The molecule has 0 radical (unpaired) electrons. The molecule has 2 unspecified atom stereocenters. The molecular weight excluding hydrogens is 307 g/mol. The van der Waals surface area contributed by atoms with Gasteiger partial charge in [-0.05, 0) is 22.4 Å². The lowest BCUT2D eigenvalue weighted by Crippen LogP contribution is -2.29. The number of nitrogens with zero attached hydrogens (tertiary/aromatic N) is 2. The number of hydrogen-bond acceptors (Lipinski definition) is 4. The summed E-state index contributed by atoms with van der Waals surface area (Å²) in [5.41, 5.74) is -0.229. The average Bonchev–Trinajstić information content (AvgIpc) is 2.80. The van der Waals surface area contributed by atoms with Crippen LogP contribution in [0.15, 0.2) is 15.5 Å². The van der Waals surface area contributed by atoms with Crippen molar-refractivity contribution in [3.63, 3.8) is 0 Å². The molecule has 1 aromatic heterocycles. The quantitative estimate of drug-likeness (QED) is 0.575. The molecule has 1 aromatic rings. The predicted octanol–water partition coefficient (Wildman–Crippen LogP) is 1.16. The smallest absolute Gasteiger partial charge is 0.329 e. The average molecular weight is 321 g/mol. The van der Waals surface area contributed by atoms with Gasteiger partial charge in [0.1, 0.15) is 16.3 Å². The highest BCUT2D eigenvalue weighted by atomic mass is 79.9. The summed E-state index contributed by atoms with van der Waals surface area (Å²) in [5, 5.41) is 0. The maximum atomic E-state index is 11.8. The Bertz CT molecular complexity index is 475. The molecule has 0 aromatic carbocycles. The molecule has 2 rings (SSSR count). The molecule has 94 valence electrons. The SMILES string of the molecule is COC(=O)C1CCc2ncc(Br)c(=O)n21.CP. The lowest BCUT2D eigenvalue weighted by atomic mass is 10.2. The zero-order valence-corrected chi connectivity index (χ0v) is 12.4. The van der Waals surface area contributed by atoms with Gasteiger partial charge in [0.15, 0.2) is 0 Å². The fourth-order valence-corrected chi connectivity index (χ4v) is 2.03. The Morgan fingerprint density at radius 1 is 1.65 bits per heavy atom. The van der Waals surface area contributed by atoms with E-state index in [-0.39, 0.29) is 5.56 Å². The fourth-order valence-electron chi connectivity index (χ4n) is 1.74. The van der Waals surface area contributed by atoms with Crippen LogP contribution >= 0.6 is 25.2 Å². The second kappa shape index (κ2) is 6.26. The molecular formula is C10H14BrN2O3P. The second-order valence-corrected chi connectivity index (χ2v) is 4.13. The highest BCUT2D eigenvalue weighted by molar-refractivity contribution is 9.10. The number of rotatable bonds is 1. The zero-order chi connectivity index (χ0) is 13.0. The molecule has 2 heterocycles. The molecule has 0 amide bonds. The standard InChI is InChI=1S/C9H9BrN2O3.CH5P/c1-15-9(14)6-2-3-7-11-4-5(10)8(13)12(6)7;1-2/h4,6H,2-3H2,1H3;2H2,1H3. The van der Waals surface area contributed by atoms with Crippen molar-refractivity contribution in [1.29, 1.82) is 0 Å². The minimum absolute atomic E-state index is 0.229. The third-order valence-corrected chi connectivity index (χ3v) is 3.00. The van der Waals surface area contributed by atoms with Gasteiger partial charge >= 0.3 is 5.97 Å². The molecule has 0 bridgehead atoms. The van der Waals surface area contributed by atoms with Gasteiger partial charge in [-0.15, -0.1) is 9.24 Å². The maximum Gasteiger partial charge on any atom is 0.329 e. The van der Waals surface area contributed by atoms with Gasteiger partial charge in [-0.25, -0.2) is 9.78 Å². The Hall–Kier alpha value is -0.740. The molecule has 0 fully saturated rings. The minimum atomic E-state index is -0.525. The number of halogens is 1. The Labute approximate surface area is 110 Å². The van der Waals surface area contributed by atoms with Gasteiger partial charge in [0.25, 0.3) is 5.56 Å². The van der Waals surface area contributed by atoms with Crippen molar-refractivity contribution < 1.29 is 9.53 Å². The van der Waals surface area contributed by atoms with Crippen molar-refractivity contribution in [2.24, 2.45) is 0 Å². The van der Waals surface area contributed by atoms with Crippen molar-refractivity contribution in [2.75, 3.05) is 13.8 Å². The molecule has 0 N–H and O–H groups in total. The fraction of sp³-hybridized carbons (Fsp3) is 0.500. The van der Waals surface area contributed by atoms with Gasteiger partial charge in [-0.3, -0.25) is 9.36 Å². The molecule has 0 spiro atoms. The highest BCUT2D eigenvalue weighted by Crippen LogP contribution is 2.23. The number of aromatic nitrogens is 2. The van der Waals surface area contributed by atoms with Crippen LogP contribution in [0.4, 0.5) is 0 Å². The summed E-state index contributed by atoms with van der Waals surface area (Å²) in [6.07, 6.45) is 2.67. The van der Waals surface area contributed by atoms with Crippen LogP contribution in [0.2, 0.25) is 0 Å². The van der Waals surface area contributed by atoms with E-state index < -0.39 is 12.0 Å². The monoisotopic (exact) mass is 320 g/mol. The number of carbonyl (C=O) groups is 1. The number of methoxy groups -OCH3 is 1. The Balaban J connectivity index is 0.000000686. The van der Waals surface area contributed by atoms with Crippen molar-refractivity contribution >= 4 is 31.1 Å². The number of aryl methyl sites for hydroxylation is 1. The third kappa shape index (κ3) is 2.75. The van der Waals surface area contributed by atoms with Gasteiger partial charge in [0, 0.05) is 12.6 Å². The van der Waals surface area contributed by atoms with Crippen LogP contribution in [0.1, 0.15) is 18.3 Å². The molecule has 1 aliphatic heterocycles. The van der Waals surface area contributed by atoms with Crippen molar-refractivity contribution in [3.05, 3.63) is 26.8 Å². The Morgan fingerprint density at radius 3 is 2.88 bits per heavy atom. The third-order valence-electron chi connectivity index (χ3n) is 2.45. The second-order valence-electron chi connectivity index (χ2n) is 3.28. The van der Waals surface area contributed by atoms with E-state index in [0.717, 1.165) is 0 Å². The van der Waals surface area contributed by atoms with E-state index in [9.17, 15) is 9.59 Å². The molecule has 2 atom stereocenters. The zero-order valence-electron chi connectivity index (χ0n) is 9.64. The molecule has 0 saturated heterocycles. The van der Waals surface area contributed by atoms with Gasteiger partial charge < -0.3 is 4.74 Å². The summed E-state index contributed by atoms with van der Waals surface area (Å²) in [6, 6.07) is -0.525. The number of hydrogen-bond donors (Lipinski definition) is 0. The predicted molar refractivity (Wildman–Crippen MR) is 71.2 cm³/mol. The number of ether oxygens (including phenoxy) is 1. The Kier molecular flexibility index (Phi) is 5.28. The van der Waals surface area contributed by atoms with Crippen LogP contribution < -0.4 is 5.56 Å². The molecule has 1 aliphatic rings. The van der Waals surface area contributed by atoms with Crippen LogP contribution in [0.3, 0.4) is 0 Å². The maximum absolute atomic E-state index is 11.8. The van der Waals surface area contributed by atoms with E-state index in [1.54, 1.807) is 0 Å². The van der Waals surface area contributed by atoms with Crippen LogP contribution in [0.25, 0.3) is 0 Å². The van der Waals surface area contributed by atoms with Crippen molar-refractivity contribution in [1.82, 2.24) is 9.55 Å². The summed E-state index contributed by atoms with van der Waals surface area (Å²) in [4.78, 5) is 27.3. The highest BCUT2D eigenvalue weighted by Gasteiger charge is 2.31. The van der Waals surface area contributed by atoms with Gasteiger partial charge in [0.05, 0.1) is 7.11 Å². The van der Waals surface area contributed by atoms with Crippen LogP contribution in [0.5, 0.6) is 0 Å². The van der Waals surface area contributed by atoms with Crippen molar-refractivity contribution in [2.45, 2.75) is 18.9 Å². The number of carbonyl (C=O) groups excluding carboxylic acids is 1. The van der Waals surface area contributed by atoms with Gasteiger partial charge in [-0.1, -0.05) is 6.66 Å². The first-order chi connectivity index (χ1) is 8.15. The summed E-state index contributed by atoms with van der Waals surface area (Å²) < 4.78 is 6.41. The van der Waals surface area contributed by atoms with E-state index in [0.29, 0.717) is 23.1 Å². The van der Waals surface area contributed by atoms with Crippen LogP contribution in [0, 0.1) is 0 Å². The van der Waals surface area contributed by atoms with E-state index in [1.807, 2.05) is 6.66 Å². The molecule has 0 aliphatic carbocycles. The summed E-state index contributed by atoms with van der Waals surface area (Å²) in [5.74, 6) is 0.245. The molecule has 17 heavy (non-hydrogen) atoms. The van der Waals surface area contributed by atoms with E-state index >= 15 is 0 Å². The Morgan fingerprint density at radius 2 is 2.29 bits per heavy atom. The lowest BCUT2D eigenvalue weighted by Gasteiger charge is -2.11. The first-order valence-corrected chi connectivity index (χ1v) is 7.01. The van der Waals surface area contributed by atoms with Gasteiger partial charge in [-0.2, -0.15) is 0 Å². The van der Waals surface area contributed by atoms with Crippen LogP contribution in [-0.2, 0) is 16.0 Å². The lowest BCUT2D eigenvalue weighted by molar-refractivity contribution is -0.144. The van der Waals surface area contributed by atoms with Crippen molar-refractivity contribution in [3.8, 4) is 0 Å². The first-order valence-electron chi connectivity index (χ1n) is 5.06. The largest absolute Gasteiger partial charge is 0.467 e. The summed E-state index contributed by atoms with van der Waals surface area (Å²) in [7, 11) is 3.73. The molecule has 5 nitrogen and oxygen atoms in total. The number of esters is 1. The minimum Gasteiger partial charge on any atom is -0.467 e. The van der Waals surface area contributed by atoms with E-state index in [2.05, 4.69) is 34.9 Å². The van der Waals surface area contributed by atoms with E-state index in [4.69, 9.17) is 0 Å². The van der Waals surface area contributed by atoms with E-state index in [1.165, 1.54) is 17.9 Å². The molecule has 7 heteroatoms.